The summed E-state index contributed by atoms with van der Waals surface area (Å²) in [5, 5.41) is 3.09. The zero-order valence-corrected chi connectivity index (χ0v) is 22.3. The van der Waals surface area contributed by atoms with Gasteiger partial charge in [0.2, 0.25) is 11.8 Å². The van der Waals surface area contributed by atoms with Crippen molar-refractivity contribution in [3.63, 3.8) is 0 Å². The van der Waals surface area contributed by atoms with E-state index in [2.05, 4.69) is 21.2 Å². The van der Waals surface area contributed by atoms with Gasteiger partial charge in [-0.2, -0.15) is 0 Å². The second-order valence-electron chi connectivity index (χ2n) is 7.74. The van der Waals surface area contributed by atoms with E-state index in [1.165, 1.54) is 24.1 Å². The molecule has 0 aromatic heterocycles. The molecule has 0 radical (unpaired) electrons. The normalized spacial score (nSPS) is 12.0. The Kier molecular flexibility index (Phi) is 8.93. The molecule has 0 fully saturated rings. The van der Waals surface area contributed by atoms with E-state index >= 15 is 0 Å². The Labute approximate surface area is 218 Å². The summed E-state index contributed by atoms with van der Waals surface area (Å²) in [6.45, 7) is 1.21. The molecule has 0 bridgehead atoms. The lowest BCUT2D eigenvalue weighted by Gasteiger charge is -2.31. The number of nitrogens with one attached hydrogen (secondary N) is 1. The Morgan fingerprint density at radius 2 is 1.57 bits per heavy atom. The molecule has 0 heterocycles. The molecule has 0 saturated carbocycles. The van der Waals surface area contributed by atoms with E-state index < -0.39 is 28.5 Å². The third kappa shape index (κ3) is 6.62. The highest BCUT2D eigenvalue weighted by molar-refractivity contribution is 9.10. The van der Waals surface area contributed by atoms with Crippen LogP contribution in [0.25, 0.3) is 0 Å². The van der Waals surface area contributed by atoms with Crippen molar-refractivity contribution in [1.82, 2.24) is 10.2 Å². The molecule has 3 aromatic carbocycles. The number of carbonyl (C=O) groups excluding carboxylic acids is 2. The van der Waals surface area contributed by atoms with Crippen LogP contribution in [0.15, 0.2) is 88.2 Å². The fourth-order valence-electron chi connectivity index (χ4n) is 3.43. The van der Waals surface area contributed by atoms with Crippen LogP contribution >= 0.6 is 27.5 Å². The number of anilines is 1. The number of sulfonamides is 1. The number of hydrogen-bond donors (Lipinski definition) is 1. The van der Waals surface area contributed by atoms with Crippen molar-refractivity contribution in [1.29, 1.82) is 0 Å². The lowest BCUT2D eigenvalue weighted by Crippen LogP contribution is -2.50. The maximum Gasteiger partial charge on any atom is 0.264 e. The monoisotopic (exact) mass is 577 g/mol. The zero-order chi connectivity index (χ0) is 25.6. The number of amides is 2. The fraction of sp³-hybridized carbons (Fsp3) is 0.200. The van der Waals surface area contributed by atoms with Crippen LogP contribution in [0.2, 0.25) is 5.02 Å². The lowest BCUT2D eigenvalue weighted by atomic mass is 10.1. The van der Waals surface area contributed by atoms with Crippen molar-refractivity contribution in [3.8, 4) is 0 Å². The summed E-state index contributed by atoms with van der Waals surface area (Å²) >= 11 is 9.33. The summed E-state index contributed by atoms with van der Waals surface area (Å²) in [5.41, 5.74) is 1.07. The van der Waals surface area contributed by atoms with E-state index in [-0.39, 0.29) is 17.3 Å². The van der Waals surface area contributed by atoms with Gasteiger partial charge in [-0.05, 0) is 61.0 Å². The molecule has 35 heavy (non-hydrogen) atoms. The fourth-order valence-corrected chi connectivity index (χ4v) is 5.26. The molecule has 1 unspecified atom stereocenters. The number of hydrogen-bond acceptors (Lipinski definition) is 4. The van der Waals surface area contributed by atoms with Crippen LogP contribution in [-0.4, -0.2) is 44.8 Å². The van der Waals surface area contributed by atoms with E-state index in [0.29, 0.717) is 10.7 Å². The summed E-state index contributed by atoms with van der Waals surface area (Å²) < 4.78 is 29.0. The molecule has 3 rings (SSSR count). The van der Waals surface area contributed by atoms with Gasteiger partial charge in [-0.25, -0.2) is 8.42 Å². The first-order valence-electron chi connectivity index (χ1n) is 10.7. The molecule has 3 aromatic rings. The Balaban J connectivity index is 2.00. The Hall–Kier alpha value is -2.88. The molecular formula is C25H25BrClN3O4S. The van der Waals surface area contributed by atoms with E-state index in [4.69, 9.17) is 11.6 Å². The van der Waals surface area contributed by atoms with Crippen LogP contribution in [0.5, 0.6) is 0 Å². The highest BCUT2D eigenvalue weighted by Gasteiger charge is 2.32. The van der Waals surface area contributed by atoms with Crippen LogP contribution in [0.3, 0.4) is 0 Å². The number of rotatable bonds is 9. The van der Waals surface area contributed by atoms with Gasteiger partial charge in [-0.3, -0.25) is 13.9 Å². The summed E-state index contributed by atoms with van der Waals surface area (Å²) in [6, 6.07) is 20.6. The minimum Gasteiger partial charge on any atom is -0.357 e. The maximum absolute atomic E-state index is 13.6. The maximum atomic E-state index is 13.6. The molecule has 0 aliphatic heterocycles. The molecule has 184 valence electrons. The first kappa shape index (κ1) is 26.7. The van der Waals surface area contributed by atoms with Crippen molar-refractivity contribution in [2.24, 2.45) is 0 Å². The first-order valence-corrected chi connectivity index (χ1v) is 13.3. The van der Waals surface area contributed by atoms with Gasteiger partial charge in [0.1, 0.15) is 12.6 Å². The first-order chi connectivity index (χ1) is 16.6. The van der Waals surface area contributed by atoms with Crippen molar-refractivity contribution < 1.29 is 18.0 Å². The van der Waals surface area contributed by atoms with Gasteiger partial charge in [-0.1, -0.05) is 57.9 Å². The number of halogens is 2. The topological polar surface area (TPSA) is 86.8 Å². The largest absolute Gasteiger partial charge is 0.357 e. The average Bonchev–Trinajstić information content (AvgIpc) is 2.87. The third-order valence-corrected chi connectivity index (χ3v) is 7.97. The number of likely N-dealkylation sites (N-methyl/N-ethyl adjacent to an activating group) is 1. The van der Waals surface area contributed by atoms with Gasteiger partial charge in [0, 0.05) is 23.1 Å². The molecular weight excluding hydrogens is 554 g/mol. The predicted molar refractivity (Wildman–Crippen MR) is 141 cm³/mol. The summed E-state index contributed by atoms with van der Waals surface area (Å²) in [5.74, 6) is -0.896. The Bertz CT molecular complexity index is 1270. The van der Waals surface area contributed by atoms with Gasteiger partial charge >= 0.3 is 0 Å². The number of benzene rings is 3. The Morgan fingerprint density at radius 1 is 0.971 bits per heavy atom. The predicted octanol–water partition coefficient (Wildman–Crippen LogP) is 4.46. The van der Waals surface area contributed by atoms with Gasteiger partial charge in [0.05, 0.1) is 10.6 Å². The van der Waals surface area contributed by atoms with Crippen LogP contribution in [-0.2, 0) is 26.2 Å². The van der Waals surface area contributed by atoms with E-state index in [1.54, 1.807) is 73.7 Å². The Morgan fingerprint density at radius 3 is 2.14 bits per heavy atom. The number of carbonyl (C=O) groups is 2. The second-order valence-corrected chi connectivity index (χ2v) is 11.0. The van der Waals surface area contributed by atoms with Gasteiger partial charge in [-0.15, -0.1) is 0 Å². The van der Waals surface area contributed by atoms with Gasteiger partial charge < -0.3 is 10.2 Å². The minimum absolute atomic E-state index is 0.0549. The molecule has 1 atom stereocenters. The quantitative estimate of drug-likeness (QED) is 0.406. The molecule has 7 nitrogen and oxygen atoms in total. The van der Waals surface area contributed by atoms with Crippen LogP contribution in [0.1, 0.15) is 12.5 Å². The molecule has 1 N–H and O–H groups in total. The van der Waals surface area contributed by atoms with Gasteiger partial charge in [0.25, 0.3) is 10.0 Å². The summed E-state index contributed by atoms with van der Waals surface area (Å²) in [7, 11) is -2.59. The van der Waals surface area contributed by atoms with Crippen molar-refractivity contribution in [2.45, 2.75) is 24.4 Å². The minimum atomic E-state index is -4.07. The number of nitrogens with zero attached hydrogens (tertiary/aromatic N) is 2. The third-order valence-electron chi connectivity index (χ3n) is 5.40. The van der Waals surface area contributed by atoms with Crippen LogP contribution in [0, 0.1) is 0 Å². The average molecular weight is 579 g/mol. The standard InChI is InChI=1S/C25H25BrClN3O4S/c1-18(25(32)28-2)29(16-19-8-12-21(27)13-9-19)24(31)17-30(22-14-10-20(26)11-15-22)35(33,34)23-6-4-3-5-7-23/h3-15,18H,16-17H2,1-2H3,(H,28,32). The van der Waals surface area contributed by atoms with Crippen molar-refractivity contribution in [3.05, 3.63) is 93.9 Å². The molecule has 0 saturated heterocycles. The molecule has 0 aliphatic rings. The second kappa shape index (κ2) is 11.7. The smallest absolute Gasteiger partial charge is 0.264 e. The molecule has 0 aliphatic carbocycles. The van der Waals surface area contributed by atoms with Gasteiger partial charge in [0.15, 0.2) is 0 Å². The molecule has 0 spiro atoms. The van der Waals surface area contributed by atoms with Crippen LogP contribution in [0.4, 0.5) is 5.69 Å². The van der Waals surface area contributed by atoms with Crippen molar-refractivity contribution in [2.75, 3.05) is 17.9 Å². The SMILES string of the molecule is CNC(=O)C(C)N(Cc1ccc(Cl)cc1)C(=O)CN(c1ccc(Br)cc1)S(=O)(=O)c1ccccc1. The van der Waals surface area contributed by atoms with Crippen molar-refractivity contribution >= 4 is 55.1 Å². The van der Waals surface area contributed by atoms with E-state index in [0.717, 1.165) is 14.3 Å². The lowest BCUT2D eigenvalue weighted by molar-refractivity contribution is -0.139. The molecule has 10 heteroatoms. The highest BCUT2D eigenvalue weighted by Crippen LogP contribution is 2.26. The summed E-state index contributed by atoms with van der Waals surface area (Å²) in [6.07, 6.45) is 0. The van der Waals surface area contributed by atoms with E-state index in [9.17, 15) is 18.0 Å². The zero-order valence-electron chi connectivity index (χ0n) is 19.2. The highest BCUT2D eigenvalue weighted by atomic mass is 79.9. The van der Waals surface area contributed by atoms with E-state index in [1.807, 2.05) is 0 Å². The van der Waals surface area contributed by atoms with Crippen LogP contribution < -0.4 is 9.62 Å². The summed E-state index contributed by atoms with van der Waals surface area (Å²) in [4.78, 5) is 27.5. The molecule has 2 amide bonds.